The molecular weight excluding hydrogens is 443 g/mol. The minimum Gasteiger partial charge on any atom is -0.373 e. The second-order valence-electron chi connectivity index (χ2n) is 6.17. The first-order valence-corrected chi connectivity index (χ1v) is 10.8. The fourth-order valence-corrected chi connectivity index (χ4v) is 4.65. The Labute approximate surface area is 166 Å². The van der Waals surface area contributed by atoms with Gasteiger partial charge in [-0.25, -0.2) is 8.42 Å². The Morgan fingerprint density at radius 3 is 2.43 bits per heavy atom. The van der Waals surface area contributed by atoms with Crippen molar-refractivity contribution in [3.05, 3.63) is 34.2 Å². The maximum absolute atomic E-state index is 12.7. The number of halogens is 4. The molecule has 0 aromatic heterocycles. The number of benzene rings is 1. The number of carbonyl (C=O) groups excluding carboxylic acids is 1. The summed E-state index contributed by atoms with van der Waals surface area (Å²) in [4.78, 5) is 11.4. The summed E-state index contributed by atoms with van der Waals surface area (Å²) in [6, 6.07) is 3.03. The quantitative estimate of drug-likeness (QED) is 0.567. The van der Waals surface area contributed by atoms with Crippen molar-refractivity contribution in [3.8, 4) is 0 Å². The van der Waals surface area contributed by atoms with Crippen LogP contribution in [0, 0.1) is 0 Å². The fourth-order valence-electron chi connectivity index (χ4n) is 2.07. The van der Waals surface area contributed by atoms with Crippen LogP contribution in [-0.2, 0) is 19.3 Å². The van der Waals surface area contributed by atoms with E-state index in [1.807, 2.05) is 5.32 Å². The van der Waals surface area contributed by atoms with E-state index < -0.39 is 37.5 Å². The van der Waals surface area contributed by atoms with Gasteiger partial charge in [0.1, 0.15) is 5.82 Å². The van der Waals surface area contributed by atoms with Crippen LogP contribution in [0.2, 0.25) is 5.02 Å². The SMILES string of the molecule is CC1=C(NS(=O)(=O)c2ccc(NC(=O)[C@@](C)(O)C(F)(F)F)c(Cl)c2)N(C)O[SiH2]1. The first-order chi connectivity index (χ1) is 12.7. The Bertz CT molecular complexity index is 937. The van der Waals surface area contributed by atoms with Gasteiger partial charge in [-0.05, 0) is 37.2 Å². The van der Waals surface area contributed by atoms with Crippen molar-refractivity contribution in [1.82, 2.24) is 9.79 Å². The molecule has 0 fully saturated rings. The molecule has 0 aliphatic carbocycles. The Balaban J connectivity index is 2.25. The number of amides is 1. The third kappa shape index (κ3) is 4.43. The maximum atomic E-state index is 12.7. The minimum absolute atomic E-state index is 0.277. The van der Waals surface area contributed by atoms with E-state index in [0.29, 0.717) is 6.92 Å². The van der Waals surface area contributed by atoms with E-state index in [1.165, 1.54) is 5.06 Å². The summed E-state index contributed by atoms with van der Waals surface area (Å²) in [7, 11) is -3.56. The molecule has 1 aromatic carbocycles. The highest BCUT2D eigenvalue weighted by Crippen LogP contribution is 2.32. The van der Waals surface area contributed by atoms with E-state index in [9.17, 15) is 31.5 Å². The zero-order chi connectivity index (χ0) is 21.5. The smallest absolute Gasteiger partial charge is 0.373 e. The highest BCUT2D eigenvalue weighted by Gasteiger charge is 2.55. The number of rotatable bonds is 5. The van der Waals surface area contributed by atoms with Crippen molar-refractivity contribution in [2.24, 2.45) is 0 Å². The lowest BCUT2D eigenvalue weighted by Crippen LogP contribution is -2.52. The van der Waals surface area contributed by atoms with Gasteiger partial charge in [0, 0.05) is 7.05 Å². The van der Waals surface area contributed by atoms with E-state index in [0.717, 1.165) is 23.4 Å². The predicted molar refractivity (Wildman–Crippen MR) is 97.2 cm³/mol. The van der Waals surface area contributed by atoms with Crippen molar-refractivity contribution in [3.63, 3.8) is 0 Å². The summed E-state index contributed by atoms with van der Waals surface area (Å²) in [6.45, 7) is 2.02. The van der Waals surface area contributed by atoms with E-state index in [1.54, 1.807) is 14.0 Å². The number of hydroxylamine groups is 2. The van der Waals surface area contributed by atoms with Crippen molar-refractivity contribution >= 4 is 43.0 Å². The molecule has 0 saturated carbocycles. The summed E-state index contributed by atoms with van der Waals surface area (Å²) < 4.78 is 70.8. The molecule has 1 amide bonds. The zero-order valence-corrected chi connectivity index (χ0v) is 17.9. The van der Waals surface area contributed by atoms with Gasteiger partial charge in [0.2, 0.25) is 15.4 Å². The molecule has 1 atom stereocenters. The number of alkyl halides is 3. The second kappa shape index (κ2) is 7.55. The van der Waals surface area contributed by atoms with Crippen molar-refractivity contribution in [1.29, 1.82) is 0 Å². The van der Waals surface area contributed by atoms with Crippen molar-refractivity contribution < 1.29 is 36.0 Å². The van der Waals surface area contributed by atoms with Crippen LogP contribution in [0.15, 0.2) is 34.1 Å². The first kappa shape index (κ1) is 22.5. The number of sulfonamides is 1. The molecule has 2 rings (SSSR count). The number of hydrogen-bond donors (Lipinski definition) is 3. The van der Waals surface area contributed by atoms with Crippen LogP contribution in [0.5, 0.6) is 0 Å². The topological polar surface area (TPSA) is 108 Å². The lowest BCUT2D eigenvalue weighted by Gasteiger charge is -2.25. The highest BCUT2D eigenvalue weighted by atomic mass is 35.5. The molecule has 8 nitrogen and oxygen atoms in total. The van der Waals surface area contributed by atoms with E-state index in [2.05, 4.69) is 4.72 Å². The van der Waals surface area contributed by atoms with Crippen LogP contribution in [-0.4, -0.2) is 53.1 Å². The molecule has 1 aromatic rings. The van der Waals surface area contributed by atoms with Gasteiger partial charge in [0.15, 0.2) is 0 Å². The van der Waals surface area contributed by atoms with Gasteiger partial charge >= 0.3 is 6.18 Å². The van der Waals surface area contributed by atoms with Gasteiger partial charge in [0.05, 0.1) is 15.6 Å². The molecule has 1 aliphatic heterocycles. The van der Waals surface area contributed by atoms with Gasteiger partial charge in [-0.1, -0.05) is 11.6 Å². The number of carbonyl (C=O) groups is 1. The number of aliphatic hydroxyl groups is 1. The lowest BCUT2D eigenvalue weighted by molar-refractivity contribution is -0.242. The van der Waals surface area contributed by atoms with Crippen LogP contribution >= 0.6 is 11.6 Å². The number of nitrogens with zero attached hydrogens (tertiary/aromatic N) is 1. The van der Waals surface area contributed by atoms with Crippen molar-refractivity contribution in [2.75, 3.05) is 12.4 Å². The zero-order valence-electron chi connectivity index (χ0n) is 14.9. The van der Waals surface area contributed by atoms with Gasteiger partial charge in [-0.2, -0.15) is 13.2 Å². The third-order valence-corrected chi connectivity index (χ3v) is 6.85. The first-order valence-electron chi connectivity index (χ1n) is 7.66. The lowest BCUT2D eigenvalue weighted by atomic mass is 10.1. The van der Waals surface area contributed by atoms with Gasteiger partial charge in [-0.3, -0.25) is 14.6 Å². The highest BCUT2D eigenvalue weighted by molar-refractivity contribution is 7.89. The summed E-state index contributed by atoms with van der Waals surface area (Å²) in [6.07, 6.45) is -5.21. The molecule has 156 valence electrons. The Hall–Kier alpha value is -1.80. The maximum Gasteiger partial charge on any atom is 0.426 e. The fraction of sp³-hybridized carbons (Fsp3) is 0.357. The normalized spacial score (nSPS) is 18.4. The van der Waals surface area contributed by atoms with E-state index >= 15 is 0 Å². The molecular formula is C14H17ClF3N3O5SSi. The molecule has 0 unspecified atom stereocenters. The summed E-state index contributed by atoms with van der Waals surface area (Å²) >= 11 is 5.91. The number of nitrogens with one attached hydrogen (secondary N) is 2. The Kier molecular flexibility index (Phi) is 6.06. The molecule has 28 heavy (non-hydrogen) atoms. The number of hydrogen-bond acceptors (Lipinski definition) is 6. The van der Waals surface area contributed by atoms with Crippen molar-refractivity contribution in [2.45, 2.75) is 30.5 Å². The standard InChI is InChI=1S/C14H17ClF3N3O5SSi/c1-7-11(21(3)26-28-7)20-27(24,25)8-4-5-10(9(15)6-8)19-12(22)13(2,23)14(16,17)18/h4-6,20,23H,28H2,1-3H3,(H,19,22)/t13-/m1/s1. The number of allylic oxidation sites excluding steroid dienone is 1. The molecule has 14 heteroatoms. The predicted octanol–water partition coefficient (Wildman–Crippen LogP) is 1.02. The second-order valence-corrected chi connectivity index (χ2v) is 9.87. The monoisotopic (exact) mass is 459 g/mol. The van der Waals surface area contributed by atoms with Crippen LogP contribution in [0.1, 0.15) is 13.8 Å². The molecule has 3 N–H and O–H groups in total. The number of anilines is 1. The molecule has 1 aliphatic rings. The van der Waals surface area contributed by atoms with Gasteiger partial charge in [0.25, 0.3) is 15.9 Å². The van der Waals surface area contributed by atoms with E-state index in [4.69, 9.17) is 16.1 Å². The Morgan fingerprint density at radius 1 is 1.36 bits per heavy atom. The van der Waals surface area contributed by atoms with Gasteiger partial charge in [-0.15, -0.1) is 0 Å². The molecule has 0 bridgehead atoms. The molecule has 0 radical (unpaired) electrons. The summed E-state index contributed by atoms with van der Waals surface area (Å²) in [5.74, 6) is -1.48. The summed E-state index contributed by atoms with van der Waals surface area (Å²) in [5, 5.41) is 12.9. The molecule has 1 heterocycles. The largest absolute Gasteiger partial charge is 0.426 e. The summed E-state index contributed by atoms with van der Waals surface area (Å²) in [5.41, 5.74) is -3.94. The third-order valence-electron chi connectivity index (χ3n) is 3.92. The van der Waals surface area contributed by atoms with E-state index in [-0.39, 0.29) is 21.4 Å². The van der Waals surface area contributed by atoms with Crippen LogP contribution < -0.4 is 10.0 Å². The average Bonchev–Trinajstić information content (AvgIpc) is 2.87. The van der Waals surface area contributed by atoms with Crippen LogP contribution in [0.25, 0.3) is 0 Å². The van der Waals surface area contributed by atoms with Gasteiger partial charge < -0.3 is 15.0 Å². The minimum atomic E-state index is -5.21. The average molecular weight is 460 g/mol. The van der Waals surface area contributed by atoms with Crippen LogP contribution in [0.3, 0.4) is 0 Å². The molecule has 0 spiro atoms. The van der Waals surface area contributed by atoms with Crippen LogP contribution in [0.4, 0.5) is 18.9 Å². The Morgan fingerprint density at radius 2 is 1.96 bits per heavy atom. The molecule has 0 saturated heterocycles.